The normalized spacial score (nSPS) is 10.1. The van der Waals surface area contributed by atoms with Crippen molar-refractivity contribution in [3.05, 3.63) is 21.9 Å². The van der Waals surface area contributed by atoms with E-state index in [1.165, 1.54) is 6.07 Å². The highest BCUT2D eigenvalue weighted by atomic mass is 79.9. The first-order chi connectivity index (χ1) is 5.04. The Kier molecular flexibility index (Phi) is 2.04. The van der Waals surface area contributed by atoms with Crippen molar-refractivity contribution in [3.8, 4) is 0 Å². The number of hydrogen-bond acceptors (Lipinski definition) is 2. The molecule has 1 aromatic rings. The second-order valence-corrected chi connectivity index (χ2v) is 3.15. The Labute approximate surface area is 72.5 Å². The summed E-state index contributed by atoms with van der Waals surface area (Å²) in [4.78, 5) is 0. The number of benzene rings is 1. The van der Waals surface area contributed by atoms with E-state index in [9.17, 15) is 4.39 Å². The summed E-state index contributed by atoms with van der Waals surface area (Å²) in [5.41, 5.74) is 11.9. The molecule has 0 saturated heterocycles. The summed E-state index contributed by atoms with van der Waals surface area (Å²) in [6.45, 7) is 1.77. The number of rotatable bonds is 0. The molecule has 0 fully saturated rings. The summed E-state index contributed by atoms with van der Waals surface area (Å²) in [5.74, 6) is -0.486. The van der Waals surface area contributed by atoms with Crippen molar-refractivity contribution >= 4 is 27.3 Å². The Morgan fingerprint density at radius 2 is 1.91 bits per heavy atom. The summed E-state index contributed by atoms with van der Waals surface area (Å²) >= 11 is 3.16. The first-order valence-electron chi connectivity index (χ1n) is 3.03. The Bertz CT molecular complexity index is 273. The molecule has 0 amide bonds. The summed E-state index contributed by atoms with van der Waals surface area (Å²) < 4.78 is 13.4. The van der Waals surface area contributed by atoms with Crippen LogP contribution in [-0.2, 0) is 0 Å². The van der Waals surface area contributed by atoms with Crippen LogP contribution in [0, 0.1) is 12.7 Å². The molecule has 0 atom stereocenters. The predicted molar refractivity (Wildman–Crippen MR) is 47.7 cm³/mol. The van der Waals surface area contributed by atoms with E-state index in [4.69, 9.17) is 11.5 Å². The fourth-order valence-electron chi connectivity index (χ4n) is 0.757. The first-order valence-corrected chi connectivity index (χ1v) is 3.83. The monoisotopic (exact) mass is 218 g/mol. The average molecular weight is 219 g/mol. The highest BCUT2D eigenvalue weighted by molar-refractivity contribution is 9.10. The van der Waals surface area contributed by atoms with Crippen LogP contribution >= 0.6 is 15.9 Å². The maximum Gasteiger partial charge on any atom is 0.149 e. The third kappa shape index (κ3) is 1.30. The number of halogens is 2. The van der Waals surface area contributed by atoms with Gasteiger partial charge in [0.1, 0.15) is 5.82 Å². The molecule has 4 heteroatoms. The van der Waals surface area contributed by atoms with Crippen molar-refractivity contribution in [3.63, 3.8) is 0 Å². The molecule has 0 aliphatic carbocycles. The molecule has 0 radical (unpaired) electrons. The average Bonchev–Trinajstić information content (AvgIpc) is 1.97. The largest absolute Gasteiger partial charge is 0.397 e. The zero-order valence-electron chi connectivity index (χ0n) is 5.99. The SMILES string of the molecule is Cc1c(Br)cc(F)c(N)c1N. The highest BCUT2D eigenvalue weighted by Crippen LogP contribution is 2.29. The number of anilines is 2. The molecule has 0 aliphatic heterocycles. The van der Waals surface area contributed by atoms with Gasteiger partial charge in [-0.1, -0.05) is 15.9 Å². The van der Waals surface area contributed by atoms with E-state index in [2.05, 4.69) is 15.9 Å². The van der Waals surface area contributed by atoms with Crippen molar-refractivity contribution < 1.29 is 4.39 Å². The maximum atomic E-state index is 12.8. The molecule has 1 rings (SSSR count). The van der Waals surface area contributed by atoms with E-state index in [0.29, 0.717) is 10.2 Å². The van der Waals surface area contributed by atoms with Crippen LogP contribution in [0.25, 0.3) is 0 Å². The number of nitrogens with two attached hydrogens (primary N) is 2. The van der Waals surface area contributed by atoms with Crippen LogP contribution in [0.4, 0.5) is 15.8 Å². The summed E-state index contributed by atoms with van der Waals surface area (Å²) in [5, 5.41) is 0. The first kappa shape index (κ1) is 8.33. The van der Waals surface area contributed by atoms with Gasteiger partial charge in [0.2, 0.25) is 0 Å². The van der Waals surface area contributed by atoms with Gasteiger partial charge in [-0.3, -0.25) is 0 Å². The van der Waals surface area contributed by atoms with Crippen molar-refractivity contribution in [2.75, 3.05) is 11.5 Å². The molecule has 0 bridgehead atoms. The minimum absolute atomic E-state index is 0.0192. The van der Waals surface area contributed by atoms with Crippen LogP contribution in [-0.4, -0.2) is 0 Å². The number of hydrogen-bond donors (Lipinski definition) is 2. The van der Waals surface area contributed by atoms with E-state index in [1.807, 2.05) is 0 Å². The molecule has 11 heavy (non-hydrogen) atoms. The van der Waals surface area contributed by atoms with Crippen LogP contribution < -0.4 is 11.5 Å². The molecule has 1 aromatic carbocycles. The fraction of sp³-hybridized carbons (Fsp3) is 0.143. The fourth-order valence-corrected chi connectivity index (χ4v) is 1.17. The van der Waals surface area contributed by atoms with Crippen LogP contribution in [0.5, 0.6) is 0 Å². The standard InChI is InChI=1S/C7H8BrFN2/c1-3-4(8)2-5(9)7(11)6(3)10/h2H,10-11H2,1H3. The minimum atomic E-state index is -0.486. The smallest absolute Gasteiger partial charge is 0.149 e. The lowest BCUT2D eigenvalue weighted by molar-refractivity contribution is 0.632. The summed E-state index contributed by atoms with van der Waals surface area (Å²) in [6, 6.07) is 1.31. The lowest BCUT2D eigenvalue weighted by Crippen LogP contribution is -2.00. The zero-order chi connectivity index (χ0) is 8.59. The van der Waals surface area contributed by atoms with Gasteiger partial charge in [-0.2, -0.15) is 0 Å². The summed E-state index contributed by atoms with van der Waals surface area (Å²) in [6.07, 6.45) is 0. The Balaban J connectivity index is 3.46. The quantitative estimate of drug-likeness (QED) is 0.656. The molecular formula is C7H8BrFN2. The van der Waals surface area contributed by atoms with Crippen molar-refractivity contribution in [2.45, 2.75) is 6.92 Å². The lowest BCUT2D eigenvalue weighted by atomic mass is 10.2. The molecule has 0 unspecified atom stereocenters. The zero-order valence-corrected chi connectivity index (χ0v) is 7.57. The predicted octanol–water partition coefficient (Wildman–Crippen LogP) is 2.06. The van der Waals surface area contributed by atoms with Crippen LogP contribution in [0.3, 0.4) is 0 Å². The molecule has 0 aliphatic rings. The van der Waals surface area contributed by atoms with Crippen molar-refractivity contribution in [2.24, 2.45) is 0 Å². The van der Waals surface area contributed by atoms with E-state index in [1.54, 1.807) is 6.92 Å². The minimum Gasteiger partial charge on any atom is -0.397 e. The second kappa shape index (κ2) is 2.70. The molecule has 2 nitrogen and oxygen atoms in total. The third-order valence-electron chi connectivity index (χ3n) is 1.56. The molecule has 0 saturated carbocycles. The Hall–Kier alpha value is -0.770. The van der Waals surface area contributed by atoms with E-state index >= 15 is 0 Å². The topological polar surface area (TPSA) is 52.0 Å². The Morgan fingerprint density at radius 3 is 2.45 bits per heavy atom. The Morgan fingerprint density at radius 1 is 1.36 bits per heavy atom. The van der Waals surface area contributed by atoms with Crippen molar-refractivity contribution in [1.29, 1.82) is 0 Å². The van der Waals surface area contributed by atoms with Gasteiger partial charge in [0.15, 0.2) is 0 Å². The van der Waals surface area contributed by atoms with Gasteiger partial charge in [-0.15, -0.1) is 0 Å². The molecule has 0 aromatic heterocycles. The second-order valence-electron chi connectivity index (χ2n) is 2.29. The molecule has 0 heterocycles. The van der Waals surface area contributed by atoms with E-state index in [-0.39, 0.29) is 5.69 Å². The van der Waals surface area contributed by atoms with Gasteiger partial charge in [0, 0.05) is 4.47 Å². The van der Waals surface area contributed by atoms with Crippen LogP contribution in [0.1, 0.15) is 5.56 Å². The molecule has 0 spiro atoms. The summed E-state index contributed by atoms with van der Waals surface area (Å²) in [7, 11) is 0. The van der Waals surface area contributed by atoms with Gasteiger partial charge >= 0.3 is 0 Å². The van der Waals surface area contributed by atoms with Crippen LogP contribution in [0.2, 0.25) is 0 Å². The third-order valence-corrected chi connectivity index (χ3v) is 2.39. The van der Waals surface area contributed by atoms with Crippen molar-refractivity contribution in [1.82, 2.24) is 0 Å². The molecule has 60 valence electrons. The number of nitrogen functional groups attached to an aromatic ring is 2. The van der Waals surface area contributed by atoms with Gasteiger partial charge in [0.25, 0.3) is 0 Å². The maximum absolute atomic E-state index is 12.8. The van der Waals surface area contributed by atoms with Gasteiger partial charge in [-0.25, -0.2) is 4.39 Å². The van der Waals surface area contributed by atoms with Crippen LogP contribution in [0.15, 0.2) is 10.5 Å². The highest BCUT2D eigenvalue weighted by Gasteiger charge is 2.08. The van der Waals surface area contributed by atoms with Gasteiger partial charge in [-0.05, 0) is 18.6 Å². The lowest BCUT2D eigenvalue weighted by Gasteiger charge is -2.06. The van der Waals surface area contributed by atoms with E-state index in [0.717, 1.165) is 5.56 Å². The van der Waals surface area contributed by atoms with Gasteiger partial charge < -0.3 is 11.5 Å². The van der Waals surface area contributed by atoms with Gasteiger partial charge in [0.05, 0.1) is 11.4 Å². The molecule has 4 N–H and O–H groups in total. The van der Waals surface area contributed by atoms with E-state index < -0.39 is 5.82 Å². The molecular weight excluding hydrogens is 211 g/mol.